The summed E-state index contributed by atoms with van der Waals surface area (Å²) < 4.78 is 13.2. The van der Waals surface area contributed by atoms with Crippen LogP contribution in [0.2, 0.25) is 0 Å². The molecular weight excluding hydrogens is 277 g/mol. The van der Waals surface area contributed by atoms with Gasteiger partial charge in [0.2, 0.25) is 5.91 Å². The summed E-state index contributed by atoms with van der Waals surface area (Å²) in [7, 11) is 0. The Morgan fingerprint density at radius 2 is 1.95 bits per heavy atom. The number of hydrogen-bond acceptors (Lipinski definition) is 3. The van der Waals surface area contributed by atoms with E-state index in [1.807, 2.05) is 0 Å². The normalized spacial score (nSPS) is 19.1. The number of nitrogens with zero attached hydrogens (tertiary/aromatic N) is 1. The maximum absolute atomic E-state index is 13.2. The van der Waals surface area contributed by atoms with Crippen LogP contribution in [-0.4, -0.2) is 45.7 Å². The average molecular weight is 295 g/mol. The molecule has 0 bridgehead atoms. The Kier molecular flexibility index (Phi) is 4.27. The quantitative estimate of drug-likeness (QED) is 0.883. The van der Waals surface area contributed by atoms with Crippen molar-refractivity contribution in [2.45, 2.75) is 31.3 Å². The molecule has 1 aliphatic rings. The van der Waals surface area contributed by atoms with Gasteiger partial charge in [0, 0.05) is 25.9 Å². The Hall–Kier alpha value is -1.95. The van der Waals surface area contributed by atoms with E-state index in [9.17, 15) is 19.1 Å². The van der Waals surface area contributed by atoms with Gasteiger partial charge in [-0.15, -0.1) is 0 Å². The second-order valence-corrected chi connectivity index (χ2v) is 5.44. The van der Waals surface area contributed by atoms with Gasteiger partial charge >= 0.3 is 5.97 Å². The number of rotatable bonds is 3. The fourth-order valence-corrected chi connectivity index (χ4v) is 2.50. The van der Waals surface area contributed by atoms with Crippen molar-refractivity contribution in [2.24, 2.45) is 0 Å². The zero-order valence-electron chi connectivity index (χ0n) is 11.8. The highest BCUT2D eigenvalue weighted by Gasteiger charge is 2.41. The van der Waals surface area contributed by atoms with Gasteiger partial charge < -0.3 is 15.1 Å². The number of aliphatic carboxylic acids is 1. The molecule has 1 fully saturated rings. The van der Waals surface area contributed by atoms with Gasteiger partial charge in [0.05, 0.1) is 5.92 Å². The Morgan fingerprint density at radius 3 is 2.48 bits per heavy atom. The second kappa shape index (κ2) is 5.81. The van der Waals surface area contributed by atoms with Crippen molar-refractivity contribution in [2.75, 3.05) is 13.1 Å². The molecule has 1 aliphatic heterocycles. The summed E-state index contributed by atoms with van der Waals surface area (Å²) in [6.07, 6.45) is 0.00783. The van der Waals surface area contributed by atoms with Gasteiger partial charge in [-0.25, -0.2) is 9.18 Å². The fourth-order valence-electron chi connectivity index (χ4n) is 2.50. The third kappa shape index (κ3) is 3.21. The number of carbonyl (C=O) groups excluding carboxylic acids is 1. The van der Waals surface area contributed by atoms with Crippen LogP contribution < -0.4 is 0 Å². The van der Waals surface area contributed by atoms with Gasteiger partial charge in [0.1, 0.15) is 5.82 Å². The predicted molar refractivity (Wildman–Crippen MR) is 73.2 cm³/mol. The van der Waals surface area contributed by atoms with Crippen LogP contribution in [0.4, 0.5) is 4.39 Å². The molecule has 114 valence electrons. The number of carboxylic acid groups (broad SMARTS) is 1. The zero-order chi connectivity index (χ0) is 15.6. The summed E-state index contributed by atoms with van der Waals surface area (Å²) in [5, 5.41) is 18.8. The summed E-state index contributed by atoms with van der Waals surface area (Å²) in [6.45, 7) is 2.05. The van der Waals surface area contributed by atoms with Crippen molar-refractivity contribution in [3.05, 3.63) is 35.6 Å². The predicted octanol–water partition coefficient (Wildman–Crippen LogP) is 1.37. The van der Waals surface area contributed by atoms with Gasteiger partial charge in [-0.05, 0) is 24.6 Å². The van der Waals surface area contributed by atoms with Crippen LogP contribution in [0.5, 0.6) is 0 Å². The molecule has 1 atom stereocenters. The van der Waals surface area contributed by atoms with E-state index < -0.39 is 23.3 Å². The number of halogens is 1. The number of aliphatic hydroxyl groups is 1. The lowest BCUT2D eigenvalue weighted by Gasteiger charge is -2.36. The second-order valence-electron chi connectivity index (χ2n) is 5.44. The third-order valence-electron chi connectivity index (χ3n) is 4.02. The number of carboxylic acids is 1. The summed E-state index contributed by atoms with van der Waals surface area (Å²) in [5.74, 6) is -2.34. The Bertz CT molecular complexity index is 552. The molecule has 5 nitrogen and oxygen atoms in total. The zero-order valence-corrected chi connectivity index (χ0v) is 11.8. The van der Waals surface area contributed by atoms with Crippen LogP contribution in [0.3, 0.4) is 0 Å². The highest BCUT2D eigenvalue weighted by molar-refractivity contribution is 5.84. The largest absolute Gasteiger partial charge is 0.479 e. The Balaban J connectivity index is 2.03. The van der Waals surface area contributed by atoms with E-state index >= 15 is 0 Å². The van der Waals surface area contributed by atoms with Crippen molar-refractivity contribution in [3.63, 3.8) is 0 Å². The van der Waals surface area contributed by atoms with E-state index in [1.165, 1.54) is 17.0 Å². The molecular formula is C15H18FNO4. The molecule has 1 unspecified atom stereocenters. The molecule has 1 amide bonds. The van der Waals surface area contributed by atoms with Crippen molar-refractivity contribution in [3.8, 4) is 0 Å². The summed E-state index contributed by atoms with van der Waals surface area (Å²) >= 11 is 0. The molecule has 1 aromatic carbocycles. The Labute approximate surface area is 122 Å². The lowest BCUT2D eigenvalue weighted by molar-refractivity contribution is -0.165. The van der Waals surface area contributed by atoms with Crippen LogP contribution in [-0.2, 0) is 9.59 Å². The first kappa shape index (κ1) is 15.4. The number of amides is 1. The van der Waals surface area contributed by atoms with Gasteiger partial charge in [-0.1, -0.05) is 12.1 Å². The van der Waals surface area contributed by atoms with Crippen LogP contribution >= 0.6 is 0 Å². The van der Waals surface area contributed by atoms with Crippen molar-refractivity contribution in [1.82, 2.24) is 4.90 Å². The summed E-state index contributed by atoms with van der Waals surface area (Å²) in [5.41, 5.74) is -1.17. The van der Waals surface area contributed by atoms with Crippen LogP contribution in [0.15, 0.2) is 24.3 Å². The van der Waals surface area contributed by atoms with Gasteiger partial charge in [0.15, 0.2) is 5.60 Å². The first-order valence-electron chi connectivity index (χ1n) is 6.83. The van der Waals surface area contributed by atoms with E-state index in [0.717, 1.165) is 0 Å². The average Bonchev–Trinajstić information content (AvgIpc) is 2.46. The van der Waals surface area contributed by atoms with E-state index in [-0.39, 0.29) is 31.8 Å². The monoisotopic (exact) mass is 295 g/mol. The SMILES string of the molecule is CC(C(=O)N1CCC(O)(C(=O)O)CC1)c1cccc(F)c1. The van der Waals surface area contributed by atoms with Crippen LogP contribution in [0, 0.1) is 5.82 Å². The van der Waals surface area contributed by atoms with Gasteiger partial charge in [0.25, 0.3) is 0 Å². The highest BCUT2D eigenvalue weighted by atomic mass is 19.1. The minimum Gasteiger partial charge on any atom is -0.479 e. The Morgan fingerprint density at radius 1 is 1.33 bits per heavy atom. The smallest absolute Gasteiger partial charge is 0.335 e. The van der Waals surface area contributed by atoms with Crippen molar-refractivity contribution >= 4 is 11.9 Å². The minimum absolute atomic E-state index is 0.00391. The van der Waals surface area contributed by atoms with Crippen molar-refractivity contribution in [1.29, 1.82) is 0 Å². The van der Waals surface area contributed by atoms with Crippen LogP contribution in [0.1, 0.15) is 31.2 Å². The molecule has 0 saturated carbocycles. The fraction of sp³-hybridized carbons (Fsp3) is 0.467. The molecule has 2 N–H and O–H groups in total. The molecule has 2 rings (SSSR count). The number of benzene rings is 1. The topological polar surface area (TPSA) is 77.8 Å². The van der Waals surface area contributed by atoms with Gasteiger partial charge in [-0.2, -0.15) is 0 Å². The molecule has 21 heavy (non-hydrogen) atoms. The number of piperidine rings is 1. The van der Waals surface area contributed by atoms with Crippen LogP contribution in [0.25, 0.3) is 0 Å². The molecule has 0 aliphatic carbocycles. The molecule has 6 heteroatoms. The van der Waals surface area contributed by atoms with E-state index in [0.29, 0.717) is 5.56 Å². The van der Waals surface area contributed by atoms with E-state index in [1.54, 1.807) is 19.1 Å². The number of likely N-dealkylation sites (tertiary alicyclic amines) is 1. The summed E-state index contributed by atoms with van der Waals surface area (Å²) in [6, 6.07) is 5.87. The maximum atomic E-state index is 13.2. The first-order valence-corrected chi connectivity index (χ1v) is 6.83. The van der Waals surface area contributed by atoms with Gasteiger partial charge in [-0.3, -0.25) is 4.79 Å². The maximum Gasteiger partial charge on any atom is 0.335 e. The standard InChI is InChI=1S/C15H18FNO4/c1-10(11-3-2-4-12(16)9-11)13(18)17-7-5-15(21,6-8-17)14(19)20/h2-4,9-10,21H,5-8H2,1H3,(H,19,20). The molecule has 0 spiro atoms. The highest BCUT2D eigenvalue weighted by Crippen LogP contribution is 2.26. The molecule has 0 radical (unpaired) electrons. The van der Waals surface area contributed by atoms with E-state index in [4.69, 9.17) is 5.11 Å². The third-order valence-corrected chi connectivity index (χ3v) is 4.02. The van der Waals surface area contributed by atoms with E-state index in [2.05, 4.69) is 0 Å². The lowest BCUT2D eigenvalue weighted by atomic mass is 9.90. The molecule has 1 heterocycles. The molecule has 0 aromatic heterocycles. The lowest BCUT2D eigenvalue weighted by Crippen LogP contribution is -2.51. The number of carbonyl (C=O) groups is 2. The minimum atomic E-state index is -1.75. The number of hydrogen-bond donors (Lipinski definition) is 2. The molecule has 1 saturated heterocycles. The molecule has 1 aromatic rings. The van der Waals surface area contributed by atoms with Crippen molar-refractivity contribution < 1.29 is 24.2 Å². The first-order chi connectivity index (χ1) is 9.83. The summed E-state index contributed by atoms with van der Waals surface area (Å²) in [4.78, 5) is 24.8.